The maximum Gasteiger partial charge on any atom is 0.273 e. The van der Waals surface area contributed by atoms with Gasteiger partial charge in [-0.15, -0.1) is 0 Å². The van der Waals surface area contributed by atoms with Gasteiger partial charge in [0.05, 0.1) is 5.69 Å². The predicted octanol–water partition coefficient (Wildman–Crippen LogP) is 1.59. The van der Waals surface area contributed by atoms with Crippen molar-refractivity contribution < 1.29 is 18.0 Å². The van der Waals surface area contributed by atoms with E-state index in [1.54, 1.807) is 42.5 Å². The zero-order valence-corrected chi connectivity index (χ0v) is 14.6. The molecule has 1 spiro atoms. The predicted molar refractivity (Wildman–Crippen MR) is 94.0 cm³/mol. The highest BCUT2D eigenvalue weighted by Crippen LogP contribution is 2.51. The molecule has 0 aromatic heterocycles. The molecule has 2 aromatic carbocycles. The number of anilines is 2. The van der Waals surface area contributed by atoms with Gasteiger partial charge in [0.2, 0.25) is 5.91 Å². The van der Waals surface area contributed by atoms with E-state index >= 15 is 0 Å². The molecule has 0 unspecified atom stereocenters. The fourth-order valence-electron chi connectivity index (χ4n) is 3.76. The number of rotatable bonds is 1. The van der Waals surface area contributed by atoms with Crippen molar-refractivity contribution in [1.29, 1.82) is 0 Å². The molecular weight excluding hydrogens is 340 g/mol. The number of carbonyl (C=O) groups is 2. The Bertz CT molecular complexity index is 1030. The molecule has 1 fully saturated rings. The first-order valence-electron chi connectivity index (χ1n) is 7.80. The molecular formula is C18H16N2O4S. The molecule has 6 nitrogen and oxygen atoms in total. The molecule has 2 heterocycles. The summed E-state index contributed by atoms with van der Waals surface area (Å²) in [6.45, 7) is 1.85. The molecule has 2 amide bonds. The van der Waals surface area contributed by atoms with Gasteiger partial charge >= 0.3 is 0 Å². The molecule has 1 atom stereocenters. The van der Waals surface area contributed by atoms with Gasteiger partial charge in [-0.1, -0.05) is 30.3 Å². The lowest BCUT2D eigenvalue weighted by Crippen LogP contribution is -2.53. The molecule has 0 radical (unpaired) electrons. The van der Waals surface area contributed by atoms with Crippen LogP contribution in [0.15, 0.2) is 48.5 Å². The van der Waals surface area contributed by atoms with Crippen LogP contribution >= 0.6 is 0 Å². The number of fused-ring (bicyclic) bond motifs is 2. The highest BCUT2D eigenvalue weighted by Gasteiger charge is 2.69. The van der Waals surface area contributed by atoms with Gasteiger partial charge in [0, 0.05) is 18.3 Å². The first kappa shape index (κ1) is 15.8. The van der Waals surface area contributed by atoms with Crippen molar-refractivity contribution in [2.24, 2.45) is 0 Å². The summed E-state index contributed by atoms with van der Waals surface area (Å²) in [6, 6.07) is 13.7. The van der Waals surface area contributed by atoms with E-state index in [4.69, 9.17) is 0 Å². The summed E-state index contributed by atoms with van der Waals surface area (Å²) in [7, 11) is -2.53. The van der Waals surface area contributed by atoms with E-state index in [1.807, 2.05) is 13.0 Å². The molecule has 128 valence electrons. The Morgan fingerprint density at radius 3 is 2.48 bits per heavy atom. The molecule has 2 aliphatic heterocycles. The summed E-state index contributed by atoms with van der Waals surface area (Å²) in [6.07, 6.45) is 0. The molecule has 25 heavy (non-hydrogen) atoms. The van der Waals surface area contributed by atoms with E-state index in [-0.39, 0.29) is 0 Å². The van der Waals surface area contributed by atoms with Crippen LogP contribution in [0, 0.1) is 6.92 Å². The van der Waals surface area contributed by atoms with Gasteiger partial charge < -0.3 is 4.90 Å². The first-order valence-corrected chi connectivity index (χ1v) is 9.45. The topological polar surface area (TPSA) is 74.8 Å². The van der Waals surface area contributed by atoms with E-state index in [0.29, 0.717) is 16.9 Å². The molecule has 2 aliphatic rings. The molecule has 4 rings (SSSR count). The maximum atomic E-state index is 13.2. The Morgan fingerprint density at radius 2 is 1.76 bits per heavy atom. The van der Waals surface area contributed by atoms with E-state index < -0.39 is 32.3 Å². The molecule has 0 bridgehead atoms. The number of nitrogens with zero attached hydrogens (tertiary/aromatic N) is 2. The first-order chi connectivity index (χ1) is 11.8. The zero-order valence-electron chi connectivity index (χ0n) is 13.8. The number of hydrogen-bond donors (Lipinski definition) is 0. The lowest BCUT2D eigenvalue weighted by Gasteiger charge is -2.32. The molecule has 0 N–H and O–H groups in total. The third-order valence-electron chi connectivity index (χ3n) is 4.81. The van der Waals surface area contributed by atoms with Crippen molar-refractivity contribution in [2.75, 3.05) is 22.6 Å². The minimum Gasteiger partial charge on any atom is -0.312 e. The van der Waals surface area contributed by atoms with E-state index in [2.05, 4.69) is 0 Å². The Hall–Kier alpha value is -2.67. The monoisotopic (exact) mass is 356 g/mol. The minimum absolute atomic E-state index is 0.329. The van der Waals surface area contributed by atoms with Crippen LogP contribution in [0.1, 0.15) is 11.1 Å². The molecule has 0 aliphatic carbocycles. The van der Waals surface area contributed by atoms with Crippen LogP contribution in [-0.4, -0.2) is 33.0 Å². The summed E-state index contributed by atoms with van der Waals surface area (Å²) in [4.78, 5) is 26.3. The normalized spacial score (nSPS) is 24.2. The lowest BCUT2D eigenvalue weighted by molar-refractivity contribution is -0.123. The number of likely N-dealkylation sites (N-methyl/N-ethyl adjacent to an activating group) is 1. The largest absolute Gasteiger partial charge is 0.312 e. The summed E-state index contributed by atoms with van der Waals surface area (Å²) < 4.78 is 26.1. The van der Waals surface area contributed by atoms with E-state index in [0.717, 1.165) is 10.5 Å². The smallest absolute Gasteiger partial charge is 0.273 e. The Kier molecular flexibility index (Phi) is 3.12. The quantitative estimate of drug-likeness (QED) is 0.778. The second-order valence-corrected chi connectivity index (χ2v) is 8.46. The van der Waals surface area contributed by atoms with Crippen LogP contribution in [0.2, 0.25) is 0 Å². The van der Waals surface area contributed by atoms with Crippen molar-refractivity contribution in [3.63, 3.8) is 0 Å². The maximum absolute atomic E-state index is 13.2. The van der Waals surface area contributed by atoms with Crippen molar-refractivity contribution in [3.05, 3.63) is 59.7 Å². The van der Waals surface area contributed by atoms with Gasteiger partial charge in [0.25, 0.3) is 10.8 Å². The molecule has 7 heteroatoms. The number of benzene rings is 2. The second-order valence-electron chi connectivity index (χ2n) is 6.35. The van der Waals surface area contributed by atoms with Crippen LogP contribution < -0.4 is 9.80 Å². The zero-order chi connectivity index (χ0) is 18.0. The SMILES string of the molecule is Cc1cccc(N2C(=O)CS(=O)(=O)[C@@]23C(=O)N(C)c2ccccc23)c1. The summed E-state index contributed by atoms with van der Waals surface area (Å²) >= 11 is 0. The number of amides is 2. The lowest BCUT2D eigenvalue weighted by atomic mass is 10.0. The fraction of sp³-hybridized carbons (Fsp3) is 0.222. The van der Waals surface area contributed by atoms with Gasteiger partial charge in [-0.25, -0.2) is 8.42 Å². The van der Waals surface area contributed by atoms with Crippen LogP contribution in [-0.2, 0) is 24.3 Å². The number of carbonyl (C=O) groups excluding carboxylic acids is 2. The van der Waals surface area contributed by atoms with Crippen molar-refractivity contribution in [2.45, 2.75) is 11.8 Å². The van der Waals surface area contributed by atoms with Gasteiger partial charge in [0.1, 0.15) is 5.75 Å². The van der Waals surface area contributed by atoms with E-state index in [1.165, 1.54) is 11.9 Å². The number of hydrogen-bond acceptors (Lipinski definition) is 4. The summed E-state index contributed by atoms with van der Waals surface area (Å²) in [5, 5.41) is 0. The highest BCUT2D eigenvalue weighted by atomic mass is 32.2. The highest BCUT2D eigenvalue weighted by molar-refractivity contribution is 7.94. The number of sulfone groups is 1. The molecule has 1 saturated heterocycles. The minimum atomic E-state index is -4.06. The fourth-order valence-corrected chi connectivity index (χ4v) is 5.82. The Morgan fingerprint density at radius 1 is 1.04 bits per heavy atom. The third-order valence-corrected chi connectivity index (χ3v) is 6.92. The van der Waals surface area contributed by atoms with Crippen LogP contribution in [0.3, 0.4) is 0 Å². The van der Waals surface area contributed by atoms with Crippen LogP contribution in [0.5, 0.6) is 0 Å². The van der Waals surface area contributed by atoms with Gasteiger partial charge in [-0.05, 0) is 30.7 Å². The van der Waals surface area contributed by atoms with Gasteiger partial charge in [-0.3, -0.25) is 14.5 Å². The van der Waals surface area contributed by atoms with Crippen molar-refractivity contribution >= 4 is 33.0 Å². The van der Waals surface area contributed by atoms with Crippen molar-refractivity contribution in [3.8, 4) is 0 Å². The average molecular weight is 356 g/mol. The summed E-state index contributed by atoms with van der Waals surface area (Å²) in [5.74, 6) is -1.90. The Labute approximate surface area is 145 Å². The third kappa shape index (κ3) is 1.81. The summed E-state index contributed by atoms with van der Waals surface area (Å²) in [5.41, 5.74) is 2.11. The standard InChI is InChI=1S/C18H16N2O4S/c1-12-6-5-7-13(10-12)20-16(21)11-25(23,24)18(20)14-8-3-4-9-15(14)19(2)17(18)22/h3-10H,11H2,1-2H3/t18-/m0/s1. The Balaban J connectivity index is 2.09. The van der Waals surface area contributed by atoms with E-state index in [9.17, 15) is 18.0 Å². The van der Waals surface area contributed by atoms with Gasteiger partial charge in [-0.2, -0.15) is 0 Å². The van der Waals surface area contributed by atoms with Crippen molar-refractivity contribution in [1.82, 2.24) is 0 Å². The molecule has 0 saturated carbocycles. The second kappa shape index (κ2) is 4.92. The number of aryl methyl sites for hydroxylation is 1. The molecule has 2 aromatic rings. The van der Waals surface area contributed by atoms with Gasteiger partial charge in [0.15, 0.2) is 9.84 Å². The van der Waals surface area contributed by atoms with Crippen LogP contribution in [0.4, 0.5) is 11.4 Å². The van der Waals surface area contributed by atoms with Crippen LogP contribution in [0.25, 0.3) is 0 Å². The number of para-hydroxylation sites is 1. The average Bonchev–Trinajstić information content (AvgIpc) is 2.92.